The van der Waals surface area contributed by atoms with E-state index in [0.29, 0.717) is 41.9 Å². The summed E-state index contributed by atoms with van der Waals surface area (Å²) in [5.41, 5.74) is 2.17. The molecule has 11 heteroatoms. The van der Waals surface area contributed by atoms with Gasteiger partial charge in [0, 0.05) is 23.9 Å². The molecule has 0 radical (unpaired) electrons. The van der Waals surface area contributed by atoms with E-state index in [9.17, 15) is 23.6 Å². The number of thioether (sulfide) groups is 1. The van der Waals surface area contributed by atoms with Crippen molar-refractivity contribution in [3.05, 3.63) is 80.0 Å². The van der Waals surface area contributed by atoms with Gasteiger partial charge in [-0.3, -0.25) is 23.7 Å². The van der Waals surface area contributed by atoms with Gasteiger partial charge in [-0.1, -0.05) is 68.1 Å². The molecule has 3 amide bonds. The first kappa shape index (κ1) is 27.9. The molecule has 2 saturated heterocycles. The number of halogens is 1. The van der Waals surface area contributed by atoms with E-state index in [2.05, 4.69) is 20.8 Å². The van der Waals surface area contributed by atoms with Crippen LogP contribution in [0.5, 0.6) is 0 Å². The maximum Gasteiger partial charge on any atom is 0.308 e. The van der Waals surface area contributed by atoms with Crippen LogP contribution in [-0.2, 0) is 31.1 Å². The van der Waals surface area contributed by atoms with Crippen LogP contribution in [0.3, 0.4) is 0 Å². The van der Waals surface area contributed by atoms with E-state index in [1.807, 2.05) is 24.3 Å². The van der Waals surface area contributed by atoms with Crippen molar-refractivity contribution in [1.29, 1.82) is 0 Å². The quantitative estimate of drug-likeness (QED) is 0.424. The Hall–Kier alpha value is -3.28. The van der Waals surface area contributed by atoms with Gasteiger partial charge in [0.25, 0.3) is 0 Å². The number of hydrogen-bond acceptors (Lipinski definition) is 7. The second-order valence-corrected chi connectivity index (χ2v) is 13.6. The average Bonchev–Trinajstić information content (AvgIpc) is 3.40. The van der Waals surface area contributed by atoms with E-state index >= 15 is 0 Å². The number of imide groups is 1. The minimum absolute atomic E-state index is 0.0822. The maximum absolute atomic E-state index is 14.0. The van der Waals surface area contributed by atoms with E-state index in [1.165, 1.54) is 40.6 Å². The van der Waals surface area contributed by atoms with E-state index < -0.39 is 28.8 Å². The van der Waals surface area contributed by atoms with Gasteiger partial charge >= 0.3 is 4.87 Å². The molecule has 8 nitrogen and oxygen atoms in total. The lowest BCUT2D eigenvalue weighted by Crippen LogP contribution is -2.43. The first-order valence-corrected chi connectivity index (χ1v) is 15.2. The van der Waals surface area contributed by atoms with E-state index in [1.54, 1.807) is 4.90 Å². The number of benzene rings is 2. The van der Waals surface area contributed by atoms with Crippen LogP contribution in [0, 0.1) is 11.7 Å². The number of hydrogen-bond donors (Lipinski definition) is 0. The topological polar surface area (TPSA) is 88.9 Å². The number of ether oxygens (including phenoxy) is 1. The molecule has 3 aromatic rings. The molecule has 3 aliphatic rings. The van der Waals surface area contributed by atoms with Gasteiger partial charge in [0.1, 0.15) is 17.6 Å². The number of aromatic nitrogens is 1. The third-order valence-electron chi connectivity index (χ3n) is 7.93. The molecule has 2 fully saturated rings. The smallest absolute Gasteiger partial charge is 0.308 e. The Labute approximate surface area is 245 Å². The zero-order valence-corrected chi connectivity index (χ0v) is 24.6. The minimum atomic E-state index is -0.800. The molecular weight excluding hydrogens is 565 g/mol. The van der Waals surface area contributed by atoms with Crippen molar-refractivity contribution in [3.8, 4) is 0 Å². The lowest BCUT2D eigenvalue weighted by molar-refractivity contribution is -0.136. The Morgan fingerprint density at radius 2 is 1.63 bits per heavy atom. The van der Waals surface area contributed by atoms with Crippen LogP contribution in [0.2, 0.25) is 0 Å². The van der Waals surface area contributed by atoms with Crippen molar-refractivity contribution in [2.45, 2.75) is 48.9 Å². The highest BCUT2D eigenvalue weighted by Crippen LogP contribution is 2.54. The first-order chi connectivity index (χ1) is 19.5. The summed E-state index contributed by atoms with van der Waals surface area (Å²) >= 11 is 2.20. The summed E-state index contributed by atoms with van der Waals surface area (Å²) in [5.74, 6) is -2.76. The SMILES string of the molecule is CC(C)(C)c1ccc(C2c3sc(=O)n(CC(=O)N4CCOCC4)c3SC3C(=O)N(c4ccc(F)cc4)C(=O)C32)cc1. The van der Waals surface area contributed by atoms with Crippen molar-refractivity contribution in [1.82, 2.24) is 9.47 Å². The highest BCUT2D eigenvalue weighted by molar-refractivity contribution is 8.00. The van der Waals surface area contributed by atoms with E-state index in [0.717, 1.165) is 27.4 Å². The lowest BCUT2D eigenvalue weighted by atomic mass is 9.81. The number of amides is 3. The fraction of sp³-hybridized carbons (Fsp3) is 0.400. The second-order valence-electron chi connectivity index (χ2n) is 11.5. The molecular formula is C30H30FN3O5S2. The maximum atomic E-state index is 14.0. The molecule has 3 atom stereocenters. The normalized spacial score (nSPS) is 22.6. The summed E-state index contributed by atoms with van der Waals surface area (Å²) in [6.45, 7) is 8.01. The number of carbonyl (C=O) groups excluding carboxylic acids is 3. The van der Waals surface area contributed by atoms with Crippen LogP contribution in [0.25, 0.3) is 0 Å². The van der Waals surface area contributed by atoms with Gasteiger partial charge in [-0.05, 0) is 40.8 Å². The van der Waals surface area contributed by atoms with E-state index in [-0.39, 0.29) is 28.6 Å². The molecule has 0 spiro atoms. The number of thiazole rings is 1. The highest BCUT2D eigenvalue weighted by atomic mass is 32.2. The molecule has 0 aliphatic carbocycles. The largest absolute Gasteiger partial charge is 0.378 e. The monoisotopic (exact) mass is 595 g/mol. The molecule has 3 aliphatic heterocycles. The van der Waals surface area contributed by atoms with Gasteiger partial charge < -0.3 is 9.64 Å². The van der Waals surface area contributed by atoms with Crippen molar-refractivity contribution < 1.29 is 23.5 Å². The molecule has 4 heterocycles. The number of carbonyl (C=O) groups is 3. The van der Waals surface area contributed by atoms with Crippen molar-refractivity contribution in [2.24, 2.45) is 5.92 Å². The van der Waals surface area contributed by atoms with Crippen LogP contribution in [-0.4, -0.2) is 58.7 Å². The fourth-order valence-electron chi connectivity index (χ4n) is 5.70. The average molecular weight is 596 g/mol. The Morgan fingerprint density at radius 1 is 0.976 bits per heavy atom. The third kappa shape index (κ3) is 4.93. The van der Waals surface area contributed by atoms with Crippen LogP contribution < -0.4 is 9.77 Å². The number of nitrogens with zero attached hydrogens (tertiary/aromatic N) is 3. The zero-order chi connectivity index (χ0) is 29.1. The van der Waals surface area contributed by atoms with Gasteiger partial charge in [-0.2, -0.15) is 0 Å². The van der Waals surface area contributed by atoms with Gasteiger partial charge in [0.2, 0.25) is 17.7 Å². The fourth-order valence-corrected chi connectivity index (χ4v) is 8.47. The van der Waals surface area contributed by atoms with Crippen LogP contribution in [0.15, 0.2) is 58.4 Å². The summed E-state index contributed by atoms with van der Waals surface area (Å²) in [6, 6.07) is 13.3. The standard InChI is InChI=1S/C30H30FN3O5S2/c1-30(2,3)18-6-4-17(5-7-18)22-23-24(27(37)34(26(23)36)20-10-8-19(31)9-11-20)40-28-25(22)41-29(38)33(28)16-21(35)32-12-14-39-15-13-32/h4-11,22-24H,12-16H2,1-3H3. The summed E-state index contributed by atoms with van der Waals surface area (Å²) in [5, 5.41) is -0.249. The Kier molecular flexibility index (Phi) is 7.15. The molecule has 0 bridgehead atoms. The molecule has 3 unspecified atom stereocenters. The lowest BCUT2D eigenvalue weighted by Gasteiger charge is -2.31. The van der Waals surface area contributed by atoms with Crippen molar-refractivity contribution >= 4 is 46.5 Å². The zero-order valence-electron chi connectivity index (χ0n) is 23.0. The van der Waals surface area contributed by atoms with Crippen molar-refractivity contribution in [3.63, 3.8) is 0 Å². The Morgan fingerprint density at radius 3 is 2.27 bits per heavy atom. The molecule has 0 saturated carbocycles. The molecule has 6 rings (SSSR count). The molecule has 214 valence electrons. The second kappa shape index (κ2) is 10.5. The van der Waals surface area contributed by atoms with Gasteiger partial charge in [0.15, 0.2) is 0 Å². The molecule has 41 heavy (non-hydrogen) atoms. The third-order valence-corrected chi connectivity index (χ3v) is 10.5. The Balaban J connectivity index is 1.44. The summed E-state index contributed by atoms with van der Waals surface area (Å²) in [4.78, 5) is 57.5. The molecule has 2 aromatic carbocycles. The highest BCUT2D eigenvalue weighted by Gasteiger charge is 2.56. The summed E-state index contributed by atoms with van der Waals surface area (Å²) < 4.78 is 20.5. The summed E-state index contributed by atoms with van der Waals surface area (Å²) in [6.07, 6.45) is 0. The molecule has 0 N–H and O–H groups in total. The minimum Gasteiger partial charge on any atom is -0.378 e. The van der Waals surface area contributed by atoms with Gasteiger partial charge in [-0.15, -0.1) is 0 Å². The van der Waals surface area contributed by atoms with E-state index in [4.69, 9.17) is 4.74 Å². The first-order valence-electron chi connectivity index (χ1n) is 13.5. The van der Waals surface area contributed by atoms with Gasteiger partial charge in [-0.25, -0.2) is 9.29 Å². The number of fused-ring (bicyclic) bond motifs is 2. The number of anilines is 1. The number of rotatable bonds is 4. The Bertz CT molecular complexity index is 1570. The number of morpholine rings is 1. The van der Waals surface area contributed by atoms with Gasteiger partial charge in [0.05, 0.1) is 29.8 Å². The van der Waals surface area contributed by atoms with Crippen molar-refractivity contribution in [2.75, 3.05) is 31.2 Å². The predicted molar refractivity (Wildman–Crippen MR) is 155 cm³/mol. The molecule has 1 aromatic heterocycles. The van der Waals surface area contributed by atoms with Crippen LogP contribution in [0.1, 0.15) is 42.7 Å². The predicted octanol–water partition coefficient (Wildman–Crippen LogP) is 4.00. The van der Waals surface area contributed by atoms with Crippen LogP contribution in [0.4, 0.5) is 10.1 Å². The van der Waals surface area contributed by atoms with Crippen LogP contribution >= 0.6 is 23.1 Å². The summed E-state index contributed by atoms with van der Waals surface area (Å²) in [7, 11) is 0.